The van der Waals surface area contributed by atoms with E-state index in [1.54, 1.807) is 0 Å². The van der Waals surface area contributed by atoms with E-state index in [1.165, 1.54) is 0 Å². The standard InChI is InChI=1S/C16H24N4O/c1-4-10-17-15-18-13-8-6-5-7-12(13)14(19-15)20-16(2,3)9-11-21/h5-8,21H,4,9-11H2,1-3H3,(H2,17,18,19,20). The van der Waals surface area contributed by atoms with E-state index < -0.39 is 0 Å². The van der Waals surface area contributed by atoms with Gasteiger partial charge in [0, 0.05) is 24.1 Å². The number of aromatic nitrogens is 2. The SMILES string of the molecule is CCCNc1nc(NC(C)(C)CCO)c2ccccc2n1. The van der Waals surface area contributed by atoms with Gasteiger partial charge in [-0.15, -0.1) is 0 Å². The molecule has 3 N–H and O–H groups in total. The Morgan fingerprint density at radius 3 is 2.67 bits per heavy atom. The largest absolute Gasteiger partial charge is 0.396 e. The second-order valence-corrected chi connectivity index (χ2v) is 5.82. The highest BCUT2D eigenvalue weighted by Crippen LogP contribution is 2.25. The van der Waals surface area contributed by atoms with Crippen molar-refractivity contribution in [3.63, 3.8) is 0 Å². The normalized spacial score (nSPS) is 11.6. The monoisotopic (exact) mass is 288 g/mol. The van der Waals surface area contributed by atoms with Crippen LogP contribution in [0.5, 0.6) is 0 Å². The van der Waals surface area contributed by atoms with E-state index in [9.17, 15) is 5.11 Å². The molecule has 0 aliphatic carbocycles. The summed E-state index contributed by atoms with van der Waals surface area (Å²) in [4.78, 5) is 9.13. The van der Waals surface area contributed by atoms with Crippen LogP contribution in [0.3, 0.4) is 0 Å². The predicted molar refractivity (Wildman–Crippen MR) is 87.7 cm³/mol. The summed E-state index contributed by atoms with van der Waals surface area (Å²) < 4.78 is 0. The molecule has 0 bridgehead atoms. The molecule has 1 aromatic carbocycles. The maximum absolute atomic E-state index is 9.18. The molecule has 0 fully saturated rings. The van der Waals surface area contributed by atoms with Crippen LogP contribution in [0.1, 0.15) is 33.6 Å². The molecule has 2 aromatic rings. The minimum absolute atomic E-state index is 0.143. The maximum atomic E-state index is 9.18. The Morgan fingerprint density at radius 1 is 1.19 bits per heavy atom. The van der Waals surface area contributed by atoms with E-state index in [2.05, 4.69) is 41.4 Å². The summed E-state index contributed by atoms with van der Waals surface area (Å²) in [5.41, 5.74) is 0.682. The first kappa shape index (κ1) is 15.5. The molecule has 0 unspecified atom stereocenters. The molecular weight excluding hydrogens is 264 g/mol. The summed E-state index contributed by atoms with van der Waals surface area (Å²) in [6, 6.07) is 7.95. The highest BCUT2D eigenvalue weighted by molar-refractivity contribution is 5.90. The lowest BCUT2D eigenvalue weighted by Gasteiger charge is -2.27. The van der Waals surface area contributed by atoms with Crippen LogP contribution in [-0.4, -0.2) is 33.8 Å². The average molecular weight is 288 g/mol. The highest BCUT2D eigenvalue weighted by Gasteiger charge is 2.19. The molecule has 0 saturated carbocycles. The van der Waals surface area contributed by atoms with Crippen molar-refractivity contribution < 1.29 is 5.11 Å². The van der Waals surface area contributed by atoms with Gasteiger partial charge in [-0.1, -0.05) is 19.1 Å². The van der Waals surface area contributed by atoms with Crippen molar-refractivity contribution in [1.29, 1.82) is 0 Å². The van der Waals surface area contributed by atoms with E-state index in [1.807, 2.05) is 24.3 Å². The highest BCUT2D eigenvalue weighted by atomic mass is 16.3. The van der Waals surface area contributed by atoms with E-state index >= 15 is 0 Å². The van der Waals surface area contributed by atoms with Crippen molar-refractivity contribution in [2.75, 3.05) is 23.8 Å². The molecule has 0 amide bonds. The van der Waals surface area contributed by atoms with Crippen molar-refractivity contribution in [3.05, 3.63) is 24.3 Å². The van der Waals surface area contributed by atoms with Gasteiger partial charge in [0.1, 0.15) is 5.82 Å². The van der Waals surface area contributed by atoms with Crippen molar-refractivity contribution in [3.8, 4) is 0 Å². The van der Waals surface area contributed by atoms with Gasteiger partial charge >= 0.3 is 0 Å². The summed E-state index contributed by atoms with van der Waals surface area (Å²) in [5, 5.41) is 16.8. The fourth-order valence-electron chi connectivity index (χ4n) is 2.15. The molecule has 21 heavy (non-hydrogen) atoms. The molecule has 5 nitrogen and oxygen atoms in total. The van der Waals surface area contributed by atoms with Crippen molar-refractivity contribution in [1.82, 2.24) is 9.97 Å². The van der Waals surface area contributed by atoms with Gasteiger partial charge < -0.3 is 15.7 Å². The fraction of sp³-hybridized carbons (Fsp3) is 0.500. The number of aliphatic hydroxyl groups excluding tert-OH is 1. The van der Waals surface area contributed by atoms with Gasteiger partial charge in [0.05, 0.1) is 5.52 Å². The van der Waals surface area contributed by atoms with Crippen LogP contribution in [-0.2, 0) is 0 Å². The van der Waals surface area contributed by atoms with Gasteiger partial charge in [-0.05, 0) is 38.8 Å². The van der Waals surface area contributed by atoms with Crippen molar-refractivity contribution >= 4 is 22.7 Å². The topological polar surface area (TPSA) is 70.1 Å². The lowest BCUT2D eigenvalue weighted by molar-refractivity contribution is 0.260. The zero-order valence-electron chi connectivity index (χ0n) is 13.0. The first-order chi connectivity index (χ1) is 10.1. The second kappa shape index (κ2) is 6.72. The van der Waals surface area contributed by atoms with Gasteiger partial charge in [-0.25, -0.2) is 4.98 Å². The first-order valence-corrected chi connectivity index (χ1v) is 7.45. The van der Waals surface area contributed by atoms with Gasteiger partial charge in [0.2, 0.25) is 5.95 Å². The Balaban J connectivity index is 2.39. The van der Waals surface area contributed by atoms with Crippen LogP contribution in [0.15, 0.2) is 24.3 Å². The van der Waals surface area contributed by atoms with Crippen molar-refractivity contribution in [2.24, 2.45) is 0 Å². The van der Waals surface area contributed by atoms with E-state index in [0.29, 0.717) is 12.4 Å². The molecule has 5 heteroatoms. The number of benzene rings is 1. The molecule has 0 aliphatic heterocycles. The Hall–Kier alpha value is -1.88. The zero-order chi connectivity index (χ0) is 15.3. The third kappa shape index (κ3) is 4.04. The maximum Gasteiger partial charge on any atom is 0.225 e. The van der Waals surface area contributed by atoms with Gasteiger partial charge in [0.15, 0.2) is 0 Å². The fourth-order valence-corrected chi connectivity index (χ4v) is 2.15. The number of nitrogens with zero attached hydrogens (tertiary/aromatic N) is 2. The average Bonchev–Trinajstić information content (AvgIpc) is 2.44. The molecule has 0 saturated heterocycles. The third-order valence-corrected chi connectivity index (χ3v) is 3.33. The van der Waals surface area contributed by atoms with Crippen LogP contribution < -0.4 is 10.6 Å². The predicted octanol–water partition coefficient (Wildman–Crippen LogP) is 3.02. The van der Waals surface area contributed by atoms with E-state index in [0.717, 1.165) is 29.7 Å². The quantitative estimate of drug-likeness (QED) is 0.730. The van der Waals surface area contributed by atoms with Crippen LogP contribution in [0.25, 0.3) is 10.9 Å². The summed E-state index contributed by atoms with van der Waals surface area (Å²) >= 11 is 0. The summed E-state index contributed by atoms with van der Waals surface area (Å²) in [5.74, 6) is 1.44. The molecule has 0 radical (unpaired) electrons. The third-order valence-electron chi connectivity index (χ3n) is 3.33. The Morgan fingerprint density at radius 2 is 1.95 bits per heavy atom. The second-order valence-electron chi connectivity index (χ2n) is 5.82. The van der Waals surface area contributed by atoms with Crippen molar-refractivity contribution in [2.45, 2.75) is 39.2 Å². The van der Waals surface area contributed by atoms with Crippen LogP contribution in [0, 0.1) is 0 Å². The number of para-hydroxylation sites is 1. The van der Waals surface area contributed by atoms with Gasteiger partial charge in [-0.2, -0.15) is 4.98 Å². The number of hydrogen-bond donors (Lipinski definition) is 3. The molecule has 2 rings (SSSR count). The van der Waals surface area contributed by atoms with E-state index in [-0.39, 0.29) is 12.1 Å². The smallest absolute Gasteiger partial charge is 0.225 e. The molecule has 0 atom stereocenters. The molecular formula is C16H24N4O. The number of aliphatic hydroxyl groups is 1. The Kier molecular flexibility index (Phi) is 4.96. The number of rotatable bonds is 7. The Labute approximate surface area is 125 Å². The molecule has 0 spiro atoms. The minimum atomic E-state index is -0.228. The molecule has 1 aromatic heterocycles. The van der Waals surface area contributed by atoms with E-state index in [4.69, 9.17) is 0 Å². The van der Waals surface area contributed by atoms with Crippen LogP contribution in [0.4, 0.5) is 11.8 Å². The van der Waals surface area contributed by atoms with Crippen LogP contribution in [0.2, 0.25) is 0 Å². The minimum Gasteiger partial charge on any atom is -0.396 e. The summed E-state index contributed by atoms with van der Waals surface area (Å²) in [6.07, 6.45) is 1.68. The van der Waals surface area contributed by atoms with Gasteiger partial charge in [0.25, 0.3) is 0 Å². The molecule has 0 aliphatic rings. The number of anilines is 2. The van der Waals surface area contributed by atoms with Crippen LogP contribution >= 0.6 is 0 Å². The Bertz CT molecular complexity index is 598. The number of fused-ring (bicyclic) bond motifs is 1. The lowest BCUT2D eigenvalue weighted by atomic mass is 10.0. The zero-order valence-corrected chi connectivity index (χ0v) is 13.0. The number of hydrogen-bond acceptors (Lipinski definition) is 5. The first-order valence-electron chi connectivity index (χ1n) is 7.45. The molecule has 1 heterocycles. The summed E-state index contributed by atoms with van der Waals surface area (Å²) in [6.45, 7) is 7.21. The lowest BCUT2D eigenvalue weighted by Crippen LogP contribution is -2.32. The summed E-state index contributed by atoms with van der Waals surface area (Å²) in [7, 11) is 0. The van der Waals surface area contributed by atoms with Gasteiger partial charge in [-0.3, -0.25) is 0 Å². The number of nitrogens with one attached hydrogen (secondary N) is 2. The molecule has 114 valence electrons.